The summed E-state index contributed by atoms with van der Waals surface area (Å²) in [7, 11) is 12.2. The van der Waals surface area contributed by atoms with Crippen LogP contribution < -0.4 is 19.5 Å². The predicted molar refractivity (Wildman–Crippen MR) is 441 cm³/mol. The number of piperidine rings is 3. The maximum absolute atomic E-state index is 9.55. The lowest BCUT2D eigenvalue weighted by molar-refractivity contribution is -0.134. The van der Waals surface area contributed by atoms with Crippen LogP contribution in [0, 0.1) is 17.8 Å². The molecule has 3 N–H and O–H groups in total. The molecule has 610 valence electrons. The molecule has 5 saturated heterocycles. The molecule has 0 atom stereocenters. The SMILES string of the molecule is CN(C)Cc1c(OCc2ccc(Cl)c(Cl)c2)ccc2c(CCC3CCN(CC4OCCO4)CC3)noc12.CN(C)Cc1c(OCc2ccc(Cl)c(Cl)c2)ccc2c(CCC3CCN(CC4OCCO4)CC3)noc12.CN(C)Cc1c(OCc2ccc(Cl)c(Cl)c2)ccc2c(CCC3CCNCC3)noc12.O=C(O)/C=C/C(=O)O. The van der Waals surface area contributed by atoms with E-state index in [1.165, 1.54) is 38.5 Å². The minimum atomic E-state index is -1.26. The van der Waals surface area contributed by atoms with E-state index in [-0.39, 0.29) is 12.6 Å². The van der Waals surface area contributed by atoms with E-state index in [0.29, 0.717) is 120 Å². The van der Waals surface area contributed by atoms with Crippen molar-refractivity contribution in [2.24, 2.45) is 17.8 Å². The van der Waals surface area contributed by atoms with Gasteiger partial charge in [0.15, 0.2) is 29.3 Å². The number of fused-ring (bicyclic) bond motifs is 3. The fourth-order valence-electron chi connectivity index (χ4n) is 14.7. The predicted octanol–water partition coefficient (Wildman–Crippen LogP) is 17.0. The lowest BCUT2D eigenvalue weighted by Crippen LogP contribution is -2.39. The number of ether oxygens (including phenoxy) is 7. The number of carboxylic acids is 2. The minimum absolute atomic E-state index is 0.0488. The molecule has 3 aromatic heterocycles. The van der Waals surface area contributed by atoms with E-state index in [1.807, 2.05) is 96.9 Å². The molecule has 0 unspecified atom stereocenters. The van der Waals surface area contributed by atoms with Crippen molar-refractivity contribution in [3.8, 4) is 17.2 Å². The summed E-state index contributed by atoms with van der Waals surface area (Å²) >= 11 is 36.6. The van der Waals surface area contributed by atoms with Crippen LogP contribution in [0.4, 0.5) is 0 Å². The standard InChI is InChI=1S/2C28H35Cl2N3O4.C24H29Cl2N3O2.C4H4O4/c2*1-32(2)16-22-26(36-18-20-3-6-23(29)24(30)15-20)8-5-21-25(31-37-28(21)22)7-4-19-9-11-33(12-10-19)17-27-34-13-14-35-27;1-29(2)14-19-23(30-15-17-3-6-20(25)21(26)13-17)8-5-18-22(28-31-24(18)19)7-4-16-9-11-27-12-10-16;5-3(6)1-2-4(7)8/h2*3,5-6,8,15,19,27H,4,7,9-14,16-18H2,1-2H3;3,5-6,8,13,16,27H,4,7,9-12,14-15H2,1-2H3;1-2H,(H,5,6)(H,7,8)/b;;;2-1+. The molecule has 0 radical (unpaired) electrons. The number of nitrogens with one attached hydrogen (secondary N) is 1. The van der Waals surface area contributed by atoms with Crippen LogP contribution in [0.5, 0.6) is 17.2 Å². The molecule has 5 fully saturated rings. The van der Waals surface area contributed by atoms with E-state index in [1.54, 1.807) is 18.2 Å². The van der Waals surface area contributed by atoms with Gasteiger partial charge in [-0.1, -0.05) is 103 Å². The van der Waals surface area contributed by atoms with Crippen molar-refractivity contribution in [1.82, 2.24) is 45.3 Å². The molecular formula is C84H103Cl6N9O14. The number of hydrogen-bond acceptors (Lipinski definition) is 21. The second-order valence-corrected chi connectivity index (χ2v) is 32.6. The summed E-state index contributed by atoms with van der Waals surface area (Å²) in [5.41, 5.74) is 11.4. The summed E-state index contributed by atoms with van der Waals surface area (Å²) in [6.07, 6.45) is 14.4. The second-order valence-electron chi connectivity index (χ2n) is 30.1. The van der Waals surface area contributed by atoms with E-state index in [2.05, 4.69) is 63.5 Å². The third-order valence-electron chi connectivity index (χ3n) is 20.7. The average molecular weight is 1680 g/mol. The van der Waals surface area contributed by atoms with Crippen LogP contribution in [-0.4, -0.2) is 196 Å². The number of aliphatic carboxylic acids is 2. The second kappa shape index (κ2) is 43.4. The molecule has 0 amide bonds. The van der Waals surface area contributed by atoms with Gasteiger partial charge in [0.1, 0.15) is 37.1 Å². The number of nitrogens with zero attached hydrogens (tertiary/aromatic N) is 8. The molecule has 9 aromatic rings. The van der Waals surface area contributed by atoms with Gasteiger partial charge in [-0.15, -0.1) is 0 Å². The van der Waals surface area contributed by atoms with E-state index < -0.39 is 11.9 Å². The van der Waals surface area contributed by atoms with Gasteiger partial charge in [-0.25, -0.2) is 9.59 Å². The normalized spacial score (nSPS) is 16.5. The monoisotopic (exact) mass is 1670 g/mol. The highest BCUT2D eigenvalue weighted by molar-refractivity contribution is 6.43. The van der Waals surface area contributed by atoms with E-state index in [9.17, 15) is 9.59 Å². The Morgan fingerprint density at radius 1 is 0.442 bits per heavy atom. The number of benzene rings is 6. The van der Waals surface area contributed by atoms with Crippen LogP contribution in [0.2, 0.25) is 30.1 Å². The summed E-state index contributed by atoms with van der Waals surface area (Å²) in [4.78, 5) is 30.4. The van der Waals surface area contributed by atoms with Gasteiger partial charge in [0.25, 0.3) is 0 Å². The van der Waals surface area contributed by atoms with Gasteiger partial charge >= 0.3 is 11.9 Å². The molecule has 0 bridgehead atoms. The zero-order valence-corrected chi connectivity index (χ0v) is 69.6. The number of aromatic nitrogens is 3. The number of halogens is 6. The van der Waals surface area contributed by atoms with Gasteiger partial charge in [-0.3, -0.25) is 9.80 Å². The third kappa shape index (κ3) is 26.1. The summed E-state index contributed by atoms with van der Waals surface area (Å²) in [6, 6.07) is 29.0. The highest BCUT2D eigenvalue weighted by Crippen LogP contribution is 2.38. The van der Waals surface area contributed by atoms with E-state index in [0.717, 1.165) is 197 Å². The largest absolute Gasteiger partial charge is 0.488 e. The van der Waals surface area contributed by atoms with Crippen LogP contribution >= 0.6 is 69.6 Å². The van der Waals surface area contributed by atoms with Crippen LogP contribution in [0.3, 0.4) is 0 Å². The number of hydrogen-bond donors (Lipinski definition) is 3. The van der Waals surface area contributed by atoms with Crippen LogP contribution in [0.25, 0.3) is 32.9 Å². The average Bonchev–Trinajstić information content (AvgIpc) is 1.68. The molecule has 23 nitrogen and oxygen atoms in total. The smallest absolute Gasteiger partial charge is 0.328 e. The van der Waals surface area contributed by atoms with E-state index in [4.69, 9.17) is 127 Å². The van der Waals surface area contributed by atoms with Crippen LogP contribution in [0.1, 0.15) is 108 Å². The number of carboxylic acid groups (broad SMARTS) is 2. The topological polar surface area (TPSA) is 246 Å². The Morgan fingerprint density at radius 2 is 0.743 bits per heavy atom. The van der Waals surface area contributed by atoms with Gasteiger partial charge < -0.3 is 77.0 Å². The molecule has 5 aliphatic rings. The Kier molecular flexibility index (Phi) is 33.4. The Bertz CT molecular complexity index is 4380. The van der Waals surface area contributed by atoms with Gasteiger partial charge in [-0.2, -0.15) is 0 Å². The highest BCUT2D eigenvalue weighted by Gasteiger charge is 2.29. The highest BCUT2D eigenvalue weighted by atomic mass is 35.5. The third-order valence-corrected chi connectivity index (χ3v) is 22.9. The summed E-state index contributed by atoms with van der Waals surface area (Å²) in [5.74, 6) is 2.03. The number of carbonyl (C=O) groups is 2. The zero-order valence-electron chi connectivity index (χ0n) is 65.1. The summed E-state index contributed by atoms with van der Waals surface area (Å²) < 4.78 is 58.7. The van der Waals surface area contributed by atoms with Crippen LogP contribution in [-0.2, 0) is 87.3 Å². The summed E-state index contributed by atoms with van der Waals surface area (Å²) in [5, 5.41) is 38.9. The first-order valence-electron chi connectivity index (χ1n) is 38.7. The maximum Gasteiger partial charge on any atom is 0.328 e. The van der Waals surface area contributed by atoms with Crippen molar-refractivity contribution in [3.63, 3.8) is 0 Å². The first kappa shape index (κ1) is 87.0. The first-order valence-corrected chi connectivity index (χ1v) is 40.9. The quantitative estimate of drug-likeness (QED) is 0.0354. The molecule has 29 heteroatoms. The van der Waals surface area contributed by atoms with Crippen molar-refractivity contribution in [1.29, 1.82) is 0 Å². The number of rotatable bonds is 30. The Labute approximate surface area is 690 Å². The molecule has 0 saturated carbocycles. The Hall–Kier alpha value is -6.85. The van der Waals surface area contributed by atoms with Crippen molar-refractivity contribution >= 4 is 114 Å². The molecule has 8 heterocycles. The Morgan fingerprint density at radius 3 is 1.03 bits per heavy atom. The lowest BCUT2D eigenvalue weighted by Gasteiger charge is -2.32. The fraction of sp³-hybridized carbons (Fsp3) is 0.488. The van der Waals surface area contributed by atoms with Crippen molar-refractivity contribution < 1.29 is 66.5 Å². The van der Waals surface area contributed by atoms with Crippen molar-refractivity contribution in [2.45, 2.75) is 129 Å². The molecule has 6 aromatic carbocycles. The fourth-order valence-corrected chi connectivity index (χ4v) is 15.6. The molecule has 0 aliphatic carbocycles. The lowest BCUT2D eigenvalue weighted by atomic mass is 9.91. The zero-order chi connectivity index (χ0) is 79.9. The van der Waals surface area contributed by atoms with Gasteiger partial charge in [-0.05, 0) is 266 Å². The van der Waals surface area contributed by atoms with Crippen molar-refractivity contribution in [2.75, 3.05) is 121 Å². The van der Waals surface area contributed by atoms with Crippen LogP contribution in [0.15, 0.2) is 117 Å². The molecule has 5 aliphatic heterocycles. The van der Waals surface area contributed by atoms with Gasteiger partial charge in [0.2, 0.25) is 0 Å². The summed E-state index contributed by atoms with van der Waals surface area (Å²) in [6.45, 7) is 14.5. The number of likely N-dealkylation sites (tertiary alicyclic amines) is 2. The first-order chi connectivity index (χ1) is 54.5. The Balaban J connectivity index is 0.000000160. The van der Waals surface area contributed by atoms with Gasteiger partial charge in [0.05, 0.1) is 90.3 Å². The van der Waals surface area contributed by atoms with Crippen molar-refractivity contribution in [3.05, 3.63) is 184 Å². The minimum Gasteiger partial charge on any atom is -0.488 e. The van der Waals surface area contributed by atoms with Gasteiger partial charge in [0, 0.05) is 61.0 Å². The maximum atomic E-state index is 9.55. The molecular weight excluding hydrogens is 1570 g/mol. The number of aryl methyl sites for hydroxylation is 3. The molecule has 113 heavy (non-hydrogen) atoms. The molecule has 14 rings (SSSR count). The van der Waals surface area contributed by atoms with E-state index >= 15 is 0 Å². The molecule has 0 spiro atoms.